The molecule has 1 radical (unpaired) electrons. The number of aliphatic hydroxyl groups excluding tert-OH is 3. The van der Waals surface area contributed by atoms with Crippen molar-refractivity contribution in [3.8, 4) is 0 Å². The van der Waals surface area contributed by atoms with Crippen LogP contribution in [0.1, 0.15) is 0 Å². The van der Waals surface area contributed by atoms with Crippen LogP contribution < -0.4 is 0 Å². The van der Waals surface area contributed by atoms with Crippen molar-refractivity contribution >= 4 is 53.4 Å². The Hall–Kier alpha value is -1.32. The van der Waals surface area contributed by atoms with Crippen molar-refractivity contribution in [2.24, 2.45) is 0 Å². The molecular weight excluding hydrogens is 383 g/mol. The molecule has 14 heteroatoms. The molecule has 0 unspecified atom stereocenters. The maximum Gasteiger partial charge on any atom is 0.317 e. The second-order valence-corrected chi connectivity index (χ2v) is 5.02. The van der Waals surface area contributed by atoms with Crippen LogP contribution in [0, 0.1) is 0 Å². The van der Waals surface area contributed by atoms with Gasteiger partial charge in [0.15, 0.2) is 0 Å². The number of aliphatic hydroxyl groups is 3. The molecule has 0 rings (SSSR count). The van der Waals surface area contributed by atoms with Crippen molar-refractivity contribution < 1.29 is 54.9 Å². The van der Waals surface area contributed by atoms with Gasteiger partial charge in [0.1, 0.15) is 6.10 Å². The van der Waals surface area contributed by atoms with Gasteiger partial charge in [0.25, 0.3) is 0 Å². The Balaban J connectivity index is -0.000000709. The minimum Gasteiger partial charge on any atom is -0.480 e. The molecular formula is C13H24N2NaO11. The van der Waals surface area contributed by atoms with E-state index in [1.54, 1.807) is 0 Å². The van der Waals surface area contributed by atoms with Gasteiger partial charge in [-0.3, -0.25) is 29.0 Å². The van der Waals surface area contributed by atoms with Gasteiger partial charge in [0.2, 0.25) is 0 Å². The molecule has 0 spiro atoms. The van der Waals surface area contributed by atoms with E-state index in [9.17, 15) is 19.2 Å². The molecule has 0 aromatic heterocycles. The Morgan fingerprint density at radius 3 is 0.963 bits per heavy atom. The molecule has 0 heterocycles. The van der Waals surface area contributed by atoms with Crippen LogP contribution in [-0.4, -0.2) is 158 Å². The molecule has 153 valence electrons. The van der Waals surface area contributed by atoms with E-state index in [0.29, 0.717) is 0 Å². The van der Waals surface area contributed by atoms with E-state index in [4.69, 9.17) is 35.7 Å². The predicted octanol–water partition coefficient (Wildman–Crippen LogP) is -4.12. The Morgan fingerprint density at radius 2 is 0.852 bits per heavy atom. The molecule has 27 heavy (non-hydrogen) atoms. The van der Waals surface area contributed by atoms with Gasteiger partial charge in [-0.15, -0.1) is 0 Å². The van der Waals surface area contributed by atoms with Gasteiger partial charge in [0, 0.05) is 42.6 Å². The quantitative estimate of drug-likeness (QED) is 0.145. The summed E-state index contributed by atoms with van der Waals surface area (Å²) in [5.74, 6) is -4.91. The molecule has 0 fully saturated rings. The third-order valence-electron chi connectivity index (χ3n) is 2.59. The van der Waals surface area contributed by atoms with Gasteiger partial charge in [-0.1, -0.05) is 0 Å². The van der Waals surface area contributed by atoms with E-state index in [0.717, 1.165) is 9.80 Å². The Bertz CT molecular complexity index is 392. The summed E-state index contributed by atoms with van der Waals surface area (Å²) in [6, 6.07) is 0. The Kier molecular flexibility index (Phi) is 20.3. The standard InChI is InChI=1S/C10H16N2O8.C3H8O3.Na/c13-7(14)3-11(4-8(15)16)1-2-12(5-9(17)18)6-10(19)20;4-1-3(6)2-5;/h1-6H2,(H,13,14)(H,15,16)(H,17,18)(H,19,20);3-6H,1-2H2;. The number of nitrogens with zero attached hydrogens (tertiary/aromatic N) is 2. The summed E-state index contributed by atoms with van der Waals surface area (Å²) in [6.07, 6.45) is -0.954. The predicted molar refractivity (Wildman–Crippen MR) is 89.4 cm³/mol. The second kappa shape index (κ2) is 18.1. The smallest absolute Gasteiger partial charge is 0.317 e. The average molecular weight is 407 g/mol. The van der Waals surface area contributed by atoms with Crippen molar-refractivity contribution in [2.75, 3.05) is 52.5 Å². The molecule has 0 aliphatic carbocycles. The molecule has 0 aromatic carbocycles. The molecule has 0 aliphatic heterocycles. The van der Waals surface area contributed by atoms with Crippen LogP contribution >= 0.6 is 0 Å². The summed E-state index contributed by atoms with van der Waals surface area (Å²) >= 11 is 0. The number of carboxylic acid groups (broad SMARTS) is 4. The van der Waals surface area contributed by atoms with Crippen LogP contribution in [0.25, 0.3) is 0 Å². The number of hydrogen-bond donors (Lipinski definition) is 7. The van der Waals surface area contributed by atoms with Gasteiger partial charge in [-0.25, -0.2) is 0 Å². The number of rotatable bonds is 13. The van der Waals surface area contributed by atoms with Crippen molar-refractivity contribution in [3.63, 3.8) is 0 Å². The van der Waals surface area contributed by atoms with Gasteiger partial charge in [0.05, 0.1) is 39.4 Å². The Labute approximate surface area is 176 Å². The zero-order valence-corrected chi connectivity index (χ0v) is 16.9. The summed E-state index contributed by atoms with van der Waals surface area (Å²) < 4.78 is 0. The monoisotopic (exact) mass is 407 g/mol. The molecule has 0 bridgehead atoms. The number of aliphatic carboxylic acids is 4. The van der Waals surface area contributed by atoms with Crippen LogP contribution in [-0.2, 0) is 19.2 Å². The number of hydrogen-bond acceptors (Lipinski definition) is 9. The molecule has 0 aliphatic rings. The molecule has 7 N–H and O–H groups in total. The van der Waals surface area contributed by atoms with E-state index >= 15 is 0 Å². The van der Waals surface area contributed by atoms with E-state index in [-0.39, 0.29) is 55.9 Å². The van der Waals surface area contributed by atoms with E-state index in [2.05, 4.69) is 0 Å². The molecule has 13 nitrogen and oxygen atoms in total. The fourth-order valence-corrected chi connectivity index (χ4v) is 1.53. The largest absolute Gasteiger partial charge is 0.480 e. The van der Waals surface area contributed by atoms with Crippen LogP contribution in [0.2, 0.25) is 0 Å². The summed E-state index contributed by atoms with van der Waals surface area (Å²) in [4.78, 5) is 44.4. The van der Waals surface area contributed by atoms with Gasteiger partial charge < -0.3 is 35.7 Å². The van der Waals surface area contributed by atoms with Gasteiger partial charge in [-0.2, -0.15) is 0 Å². The zero-order valence-electron chi connectivity index (χ0n) is 14.9. The average Bonchev–Trinajstić information content (AvgIpc) is 2.50. The fraction of sp³-hybridized carbons (Fsp3) is 0.692. The summed E-state index contributed by atoms with van der Waals surface area (Å²) in [5, 5.41) is 58.5. The molecule has 0 atom stereocenters. The van der Waals surface area contributed by atoms with Crippen LogP contribution in [0.15, 0.2) is 0 Å². The van der Waals surface area contributed by atoms with Crippen LogP contribution in [0.5, 0.6) is 0 Å². The van der Waals surface area contributed by atoms with Crippen molar-refractivity contribution in [1.82, 2.24) is 9.80 Å². The van der Waals surface area contributed by atoms with E-state index < -0.39 is 56.2 Å². The van der Waals surface area contributed by atoms with E-state index in [1.807, 2.05) is 0 Å². The third kappa shape index (κ3) is 22.6. The summed E-state index contributed by atoms with van der Waals surface area (Å²) in [7, 11) is 0. The van der Waals surface area contributed by atoms with Gasteiger partial charge in [-0.05, 0) is 0 Å². The normalized spacial score (nSPS) is 10.1. The molecule has 0 aromatic rings. The fourth-order valence-electron chi connectivity index (χ4n) is 1.53. The zero-order chi connectivity index (χ0) is 20.7. The molecule has 0 saturated carbocycles. The van der Waals surface area contributed by atoms with Crippen LogP contribution in [0.4, 0.5) is 0 Å². The topological polar surface area (TPSA) is 216 Å². The molecule has 0 saturated heterocycles. The first-order valence-electron chi connectivity index (χ1n) is 7.23. The maximum absolute atomic E-state index is 10.6. The van der Waals surface area contributed by atoms with Crippen molar-refractivity contribution in [3.05, 3.63) is 0 Å². The second-order valence-electron chi connectivity index (χ2n) is 5.02. The first kappa shape index (κ1) is 30.4. The minimum atomic E-state index is -1.23. The first-order chi connectivity index (χ1) is 12.0. The first-order valence-corrected chi connectivity index (χ1v) is 7.23. The van der Waals surface area contributed by atoms with E-state index in [1.165, 1.54) is 0 Å². The Morgan fingerprint density at radius 1 is 0.630 bits per heavy atom. The SMILES string of the molecule is O=C(O)CN(CCN(CC(=O)O)CC(=O)O)CC(=O)O.OCC(O)CO.[Na]. The van der Waals surface area contributed by atoms with Crippen molar-refractivity contribution in [1.29, 1.82) is 0 Å². The van der Waals surface area contributed by atoms with Crippen LogP contribution in [0.3, 0.4) is 0 Å². The minimum absolute atomic E-state index is 0. The third-order valence-corrected chi connectivity index (χ3v) is 2.59. The summed E-state index contributed by atoms with van der Waals surface area (Å²) in [6.45, 7) is -2.98. The number of carbonyl (C=O) groups is 4. The molecule has 0 amide bonds. The van der Waals surface area contributed by atoms with Crippen molar-refractivity contribution in [2.45, 2.75) is 6.10 Å². The summed E-state index contributed by atoms with van der Waals surface area (Å²) in [5.41, 5.74) is 0. The number of carboxylic acids is 4. The van der Waals surface area contributed by atoms with Gasteiger partial charge >= 0.3 is 23.9 Å². The maximum atomic E-state index is 10.6.